The van der Waals surface area contributed by atoms with Gasteiger partial charge in [0.15, 0.2) is 0 Å². The van der Waals surface area contributed by atoms with Gasteiger partial charge in [0.05, 0.1) is 15.0 Å². The van der Waals surface area contributed by atoms with E-state index in [0.717, 1.165) is 0 Å². The third-order valence-electron chi connectivity index (χ3n) is 3.68. The number of halogens is 2. The Hall–Kier alpha value is -2.84. The lowest BCUT2D eigenvalue weighted by atomic mass is 10.2. The summed E-state index contributed by atoms with van der Waals surface area (Å²) in [5.41, 5.74) is 0.677. The fraction of sp³-hybridized carbons (Fsp3) is 0.222. The Morgan fingerprint density at radius 3 is 2.39 bits per heavy atom. The summed E-state index contributed by atoms with van der Waals surface area (Å²) in [4.78, 5) is 34.2. The van der Waals surface area contributed by atoms with Gasteiger partial charge in [-0.25, -0.2) is 0 Å². The highest BCUT2D eigenvalue weighted by Crippen LogP contribution is 2.23. The van der Waals surface area contributed by atoms with Crippen LogP contribution in [0.2, 0.25) is 10.0 Å². The van der Waals surface area contributed by atoms with Crippen molar-refractivity contribution >= 4 is 46.4 Å². The third-order valence-corrected chi connectivity index (χ3v) is 4.42. The zero-order valence-electron chi connectivity index (χ0n) is 14.7. The zero-order chi connectivity index (χ0) is 20.5. The van der Waals surface area contributed by atoms with Crippen LogP contribution in [0.1, 0.15) is 16.8 Å². The van der Waals surface area contributed by atoms with Crippen LogP contribution in [0.25, 0.3) is 0 Å². The summed E-state index contributed by atoms with van der Waals surface area (Å²) in [5.74, 6) is -0.569. The maximum Gasteiger partial charge on any atom is 0.292 e. The lowest BCUT2D eigenvalue weighted by molar-refractivity contribution is -0.384. The van der Waals surface area contributed by atoms with Gasteiger partial charge in [-0.1, -0.05) is 35.3 Å². The molecule has 0 aliphatic rings. The van der Waals surface area contributed by atoms with Crippen LogP contribution < -0.4 is 16.0 Å². The molecule has 0 aliphatic heterocycles. The molecule has 0 aliphatic carbocycles. The lowest BCUT2D eigenvalue weighted by Crippen LogP contribution is -2.35. The van der Waals surface area contributed by atoms with Crippen LogP contribution in [-0.4, -0.2) is 36.4 Å². The van der Waals surface area contributed by atoms with Crippen LogP contribution in [0.3, 0.4) is 0 Å². The quantitative estimate of drug-likeness (QED) is 0.324. The van der Waals surface area contributed by atoms with Crippen molar-refractivity contribution in [1.29, 1.82) is 0 Å². The van der Waals surface area contributed by atoms with Crippen molar-refractivity contribution in [1.82, 2.24) is 10.6 Å². The average Bonchev–Trinajstić information content (AvgIpc) is 2.67. The number of hydrogen-bond donors (Lipinski definition) is 3. The molecule has 0 unspecified atom stereocenters. The molecule has 148 valence electrons. The molecule has 0 heterocycles. The number of nitro groups is 1. The van der Waals surface area contributed by atoms with Gasteiger partial charge in [-0.05, 0) is 24.3 Å². The van der Waals surface area contributed by atoms with Crippen LogP contribution in [0, 0.1) is 10.1 Å². The fourth-order valence-corrected chi connectivity index (χ4v) is 2.60. The number of hydrogen-bond acceptors (Lipinski definition) is 5. The van der Waals surface area contributed by atoms with Crippen LogP contribution in [0.15, 0.2) is 42.5 Å². The monoisotopic (exact) mass is 424 g/mol. The summed E-state index contributed by atoms with van der Waals surface area (Å²) < 4.78 is 0. The van der Waals surface area contributed by atoms with E-state index in [4.69, 9.17) is 23.2 Å². The summed E-state index contributed by atoms with van der Waals surface area (Å²) in [6.45, 7) is 0.728. The molecule has 2 rings (SSSR count). The van der Waals surface area contributed by atoms with Crippen molar-refractivity contribution in [3.63, 3.8) is 0 Å². The first-order valence-corrected chi connectivity index (χ1v) is 9.11. The number of rotatable bonds is 9. The van der Waals surface area contributed by atoms with Gasteiger partial charge < -0.3 is 16.0 Å². The first-order chi connectivity index (χ1) is 13.4. The number of anilines is 1. The normalized spacial score (nSPS) is 10.2. The molecule has 0 spiro atoms. The predicted octanol–water partition coefficient (Wildman–Crippen LogP) is 3.25. The molecular weight excluding hydrogens is 407 g/mol. The number of nitrogens with zero attached hydrogens (tertiary/aromatic N) is 1. The van der Waals surface area contributed by atoms with Crippen molar-refractivity contribution in [2.24, 2.45) is 0 Å². The maximum atomic E-state index is 12.0. The number of para-hydroxylation sites is 2. The van der Waals surface area contributed by atoms with Crippen molar-refractivity contribution < 1.29 is 14.5 Å². The smallest absolute Gasteiger partial charge is 0.292 e. The Morgan fingerprint density at radius 2 is 1.68 bits per heavy atom. The number of nitrogens with one attached hydrogen (secondary N) is 3. The SMILES string of the molecule is O=C(CCNc1ccccc1[N+](=O)[O-])NCCNC(=O)c1ccc(Cl)c(Cl)c1. The highest BCUT2D eigenvalue weighted by atomic mass is 35.5. The molecular formula is C18H18Cl2N4O4. The Morgan fingerprint density at radius 1 is 0.964 bits per heavy atom. The van der Waals surface area contributed by atoms with Crippen LogP contribution >= 0.6 is 23.2 Å². The van der Waals surface area contributed by atoms with E-state index in [-0.39, 0.29) is 48.6 Å². The predicted molar refractivity (Wildman–Crippen MR) is 108 cm³/mol. The molecule has 2 aromatic rings. The number of carbonyl (C=O) groups excluding carboxylic acids is 2. The van der Waals surface area contributed by atoms with E-state index >= 15 is 0 Å². The van der Waals surface area contributed by atoms with Crippen LogP contribution in [0.4, 0.5) is 11.4 Å². The van der Waals surface area contributed by atoms with Crippen molar-refractivity contribution in [2.45, 2.75) is 6.42 Å². The minimum Gasteiger partial charge on any atom is -0.379 e. The summed E-state index contributed by atoms with van der Waals surface area (Å²) in [6.07, 6.45) is 0.132. The number of benzene rings is 2. The zero-order valence-corrected chi connectivity index (χ0v) is 16.2. The molecule has 2 aromatic carbocycles. The topological polar surface area (TPSA) is 113 Å². The van der Waals surface area contributed by atoms with E-state index < -0.39 is 4.92 Å². The average molecular weight is 425 g/mol. The van der Waals surface area contributed by atoms with Gasteiger partial charge in [-0.2, -0.15) is 0 Å². The minimum atomic E-state index is -0.487. The van der Waals surface area contributed by atoms with Crippen LogP contribution in [-0.2, 0) is 4.79 Å². The van der Waals surface area contributed by atoms with Crippen molar-refractivity contribution in [3.8, 4) is 0 Å². The Kier molecular flexibility index (Phi) is 8.03. The third kappa shape index (κ3) is 6.40. The number of amides is 2. The summed E-state index contributed by atoms with van der Waals surface area (Å²) in [6, 6.07) is 10.8. The summed E-state index contributed by atoms with van der Waals surface area (Å²) in [5, 5.41) is 19.8. The minimum absolute atomic E-state index is 0.0482. The van der Waals surface area contributed by atoms with Gasteiger partial charge in [-0.15, -0.1) is 0 Å². The van der Waals surface area contributed by atoms with E-state index in [0.29, 0.717) is 16.3 Å². The molecule has 2 amide bonds. The molecule has 3 N–H and O–H groups in total. The highest BCUT2D eigenvalue weighted by Gasteiger charge is 2.12. The first-order valence-electron chi connectivity index (χ1n) is 8.35. The van der Waals surface area contributed by atoms with Gasteiger partial charge in [0, 0.05) is 37.7 Å². The first kappa shape index (κ1) is 21.5. The van der Waals surface area contributed by atoms with E-state index in [2.05, 4.69) is 16.0 Å². The maximum absolute atomic E-state index is 12.0. The van der Waals surface area contributed by atoms with Crippen molar-refractivity contribution in [2.75, 3.05) is 25.0 Å². The fourth-order valence-electron chi connectivity index (χ4n) is 2.30. The van der Waals surface area contributed by atoms with E-state index in [9.17, 15) is 19.7 Å². The Balaban J connectivity index is 1.67. The van der Waals surface area contributed by atoms with Gasteiger partial charge in [0.2, 0.25) is 5.91 Å². The molecule has 0 atom stereocenters. The Labute approximate surface area is 171 Å². The second-order valence-corrected chi connectivity index (χ2v) is 6.50. The summed E-state index contributed by atoms with van der Waals surface area (Å²) >= 11 is 11.7. The van der Waals surface area contributed by atoms with Crippen molar-refractivity contribution in [3.05, 3.63) is 68.2 Å². The second kappa shape index (κ2) is 10.5. The summed E-state index contributed by atoms with van der Waals surface area (Å²) in [7, 11) is 0. The Bertz CT molecular complexity index is 876. The highest BCUT2D eigenvalue weighted by molar-refractivity contribution is 6.42. The van der Waals surface area contributed by atoms with Gasteiger partial charge in [0.25, 0.3) is 11.6 Å². The van der Waals surface area contributed by atoms with E-state index in [1.165, 1.54) is 18.2 Å². The van der Waals surface area contributed by atoms with Gasteiger partial charge in [-0.3, -0.25) is 19.7 Å². The van der Waals surface area contributed by atoms with Crippen LogP contribution in [0.5, 0.6) is 0 Å². The molecule has 0 aromatic heterocycles. The molecule has 0 fully saturated rings. The largest absolute Gasteiger partial charge is 0.379 e. The lowest BCUT2D eigenvalue weighted by Gasteiger charge is -2.09. The molecule has 28 heavy (non-hydrogen) atoms. The number of carbonyl (C=O) groups is 2. The van der Waals surface area contributed by atoms with Gasteiger partial charge in [0.1, 0.15) is 5.69 Å². The standard InChI is InChI=1S/C18H18Cl2N4O4/c19-13-6-5-12(11-14(13)20)18(26)23-10-9-22-17(25)7-8-21-15-3-1-2-4-16(15)24(27)28/h1-6,11,21H,7-10H2,(H,22,25)(H,23,26). The van der Waals surface area contributed by atoms with Gasteiger partial charge >= 0.3 is 0 Å². The molecule has 0 bridgehead atoms. The molecule has 0 saturated carbocycles. The molecule has 0 radical (unpaired) electrons. The van der Waals surface area contributed by atoms with E-state index in [1.54, 1.807) is 24.3 Å². The molecule has 8 nitrogen and oxygen atoms in total. The van der Waals surface area contributed by atoms with E-state index in [1.807, 2.05) is 0 Å². The molecule has 0 saturated heterocycles. The number of nitro benzene ring substituents is 1. The second-order valence-electron chi connectivity index (χ2n) is 5.69. The molecule has 10 heteroatoms.